The quantitative estimate of drug-likeness (QED) is 0.856. The third kappa shape index (κ3) is 4.98. The van der Waals surface area contributed by atoms with Crippen LogP contribution in [0.5, 0.6) is 0 Å². The fourth-order valence-electron chi connectivity index (χ4n) is 2.27. The van der Waals surface area contributed by atoms with Crippen LogP contribution < -0.4 is 9.62 Å². The minimum Gasteiger partial charge on any atom is -0.324 e. The van der Waals surface area contributed by atoms with Crippen LogP contribution >= 0.6 is 0 Å². The highest BCUT2D eigenvalue weighted by Gasteiger charge is 2.32. The fraction of sp³-hybridized carbons (Fsp3) is 0.235. The van der Waals surface area contributed by atoms with Gasteiger partial charge < -0.3 is 5.32 Å². The van der Waals surface area contributed by atoms with Crippen LogP contribution in [0.2, 0.25) is 0 Å². The molecule has 0 unspecified atom stereocenters. The number of rotatable bonds is 5. The van der Waals surface area contributed by atoms with Crippen molar-refractivity contribution in [1.29, 1.82) is 0 Å². The van der Waals surface area contributed by atoms with E-state index >= 15 is 0 Å². The molecule has 2 aromatic rings. The minimum atomic E-state index is -4.62. The van der Waals surface area contributed by atoms with E-state index in [9.17, 15) is 26.4 Å². The zero-order valence-electron chi connectivity index (χ0n) is 14.0. The molecule has 0 spiro atoms. The topological polar surface area (TPSA) is 66.5 Å². The predicted molar refractivity (Wildman–Crippen MR) is 93.4 cm³/mol. The van der Waals surface area contributed by atoms with Crippen LogP contribution in [0.1, 0.15) is 11.1 Å². The molecule has 9 heteroatoms. The van der Waals surface area contributed by atoms with E-state index in [1.54, 1.807) is 31.2 Å². The number of sulfonamides is 1. The molecule has 0 aliphatic rings. The molecule has 1 amide bonds. The van der Waals surface area contributed by atoms with Crippen molar-refractivity contribution < 1.29 is 26.4 Å². The SMILES string of the molecule is Cc1ccccc1NC(=O)CN(c1cccc(C(F)(F)F)c1)S(C)(=O)=O. The fourth-order valence-corrected chi connectivity index (χ4v) is 3.12. The van der Waals surface area contributed by atoms with Gasteiger partial charge in [0.15, 0.2) is 0 Å². The molecule has 0 radical (unpaired) electrons. The summed E-state index contributed by atoms with van der Waals surface area (Å²) in [6.07, 6.45) is -3.79. The molecule has 2 rings (SSSR count). The molecule has 0 atom stereocenters. The summed E-state index contributed by atoms with van der Waals surface area (Å²) in [6, 6.07) is 10.7. The largest absolute Gasteiger partial charge is 0.416 e. The van der Waals surface area contributed by atoms with E-state index in [0.717, 1.165) is 24.0 Å². The lowest BCUT2D eigenvalue weighted by Crippen LogP contribution is -2.37. The molecular formula is C17H17F3N2O3S. The van der Waals surface area contributed by atoms with Gasteiger partial charge in [0.1, 0.15) is 6.54 Å². The molecule has 2 aromatic carbocycles. The maximum atomic E-state index is 12.9. The van der Waals surface area contributed by atoms with Gasteiger partial charge in [0.2, 0.25) is 15.9 Å². The molecule has 26 heavy (non-hydrogen) atoms. The monoisotopic (exact) mass is 386 g/mol. The number of hydrogen-bond donors (Lipinski definition) is 1. The number of benzene rings is 2. The van der Waals surface area contributed by atoms with Gasteiger partial charge in [-0.25, -0.2) is 8.42 Å². The average molecular weight is 386 g/mol. The van der Waals surface area contributed by atoms with Crippen molar-refractivity contribution in [2.75, 3.05) is 22.4 Å². The Labute approximate surface area is 149 Å². The summed E-state index contributed by atoms with van der Waals surface area (Å²) >= 11 is 0. The first-order chi connectivity index (χ1) is 12.0. The second kappa shape index (κ2) is 7.36. The number of amides is 1. The number of para-hydroxylation sites is 1. The number of carbonyl (C=O) groups is 1. The van der Waals surface area contributed by atoms with E-state index in [0.29, 0.717) is 16.1 Å². The number of carbonyl (C=O) groups excluding carboxylic acids is 1. The van der Waals surface area contributed by atoms with Crippen LogP contribution in [-0.2, 0) is 21.0 Å². The van der Waals surface area contributed by atoms with Crippen molar-refractivity contribution in [2.45, 2.75) is 13.1 Å². The summed E-state index contributed by atoms with van der Waals surface area (Å²) < 4.78 is 63.3. The van der Waals surface area contributed by atoms with Gasteiger partial charge in [-0.3, -0.25) is 9.10 Å². The van der Waals surface area contributed by atoms with Crippen molar-refractivity contribution in [2.24, 2.45) is 0 Å². The Morgan fingerprint density at radius 1 is 1.12 bits per heavy atom. The smallest absolute Gasteiger partial charge is 0.324 e. The molecule has 0 aliphatic heterocycles. The van der Waals surface area contributed by atoms with E-state index in [1.165, 1.54) is 6.07 Å². The van der Waals surface area contributed by atoms with Crippen LogP contribution in [0.4, 0.5) is 24.5 Å². The number of anilines is 2. The Morgan fingerprint density at radius 2 is 1.77 bits per heavy atom. The Hall–Kier alpha value is -2.55. The number of alkyl halides is 3. The average Bonchev–Trinajstić information content (AvgIpc) is 2.53. The second-order valence-electron chi connectivity index (χ2n) is 5.68. The minimum absolute atomic E-state index is 0.234. The molecule has 1 N–H and O–H groups in total. The number of aryl methyl sites for hydroxylation is 1. The number of nitrogens with zero attached hydrogens (tertiary/aromatic N) is 1. The molecule has 5 nitrogen and oxygen atoms in total. The van der Waals surface area contributed by atoms with Gasteiger partial charge in [0, 0.05) is 5.69 Å². The van der Waals surface area contributed by atoms with Crippen LogP contribution in [0.25, 0.3) is 0 Å². The van der Waals surface area contributed by atoms with Gasteiger partial charge in [-0.1, -0.05) is 24.3 Å². The van der Waals surface area contributed by atoms with Crippen LogP contribution in [0.15, 0.2) is 48.5 Å². The maximum Gasteiger partial charge on any atom is 0.416 e. The maximum absolute atomic E-state index is 12.9. The second-order valence-corrected chi connectivity index (χ2v) is 7.59. The lowest BCUT2D eigenvalue weighted by molar-refractivity contribution is -0.137. The standard InChI is InChI=1S/C17H17F3N2O3S/c1-12-6-3-4-9-15(12)21-16(23)11-22(26(2,24)25)14-8-5-7-13(10-14)17(18,19)20/h3-10H,11H2,1-2H3,(H,21,23). The van der Waals surface area contributed by atoms with Gasteiger partial charge in [-0.2, -0.15) is 13.2 Å². The van der Waals surface area contributed by atoms with Gasteiger partial charge in [-0.05, 0) is 36.8 Å². The Kier molecular flexibility index (Phi) is 5.60. The zero-order valence-corrected chi connectivity index (χ0v) is 14.9. The molecule has 0 aliphatic carbocycles. The highest BCUT2D eigenvalue weighted by molar-refractivity contribution is 7.92. The van der Waals surface area contributed by atoms with Crippen molar-refractivity contribution >= 4 is 27.3 Å². The van der Waals surface area contributed by atoms with Crippen LogP contribution in [-0.4, -0.2) is 27.1 Å². The summed E-state index contributed by atoms with van der Waals surface area (Å²) in [6.45, 7) is 1.12. The summed E-state index contributed by atoms with van der Waals surface area (Å²) in [4.78, 5) is 12.2. The van der Waals surface area contributed by atoms with Gasteiger partial charge in [-0.15, -0.1) is 0 Å². The molecular weight excluding hydrogens is 369 g/mol. The normalized spacial score (nSPS) is 11.9. The van der Waals surface area contributed by atoms with E-state index in [-0.39, 0.29) is 5.69 Å². The molecule has 0 heterocycles. The Morgan fingerprint density at radius 3 is 2.35 bits per heavy atom. The van der Waals surface area contributed by atoms with Crippen LogP contribution in [0, 0.1) is 6.92 Å². The number of hydrogen-bond acceptors (Lipinski definition) is 3. The molecule has 0 bridgehead atoms. The van der Waals surface area contributed by atoms with Crippen LogP contribution in [0.3, 0.4) is 0 Å². The van der Waals surface area contributed by atoms with Gasteiger partial charge in [0.25, 0.3) is 0 Å². The number of halogens is 3. The molecule has 0 saturated heterocycles. The molecule has 140 valence electrons. The van der Waals surface area contributed by atoms with Crippen molar-refractivity contribution in [3.05, 3.63) is 59.7 Å². The van der Waals surface area contributed by atoms with E-state index in [1.807, 2.05) is 0 Å². The van der Waals surface area contributed by atoms with E-state index < -0.39 is 34.2 Å². The van der Waals surface area contributed by atoms with E-state index in [4.69, 9.17) is 0 Å². The third-order valence-electron chi connectivity index (χ3n) is 3.57. The number of nitrogens with one attached hydrogen (secondary N) is 1. The van der Waals surface area contributed by atoms with Crippen molar-refractivity contribution in [3.63, 3.8) is 0 Å². The highest BCUT2D eigenvalue weighted by atomic mass is 32.2. The first-order valence-corrected chi connectivity index (χ1v) is 9.34. The predicted octanol–water partition coefficient (Wildman–Crippen LogP) is 3.42. The highest BCUT2D eigenvalue weighted by Crippen LogP contribution is 2.32. The van der Waals surface area contributed by atoms with Gasteiger partial charge >= 0.3 is 6.18 Å². The molecule has 0 saturated carbocycles. The summed E-state index contributed by atoms with van der Waals surface area (Å²) in [7, 11) is -3.97. The van der Waals surface area contributed by atoms with Crippen molar-refractivity contribution in [1.82, 2.24) is 0 Å². The lowest BCUT2D eigenvalue weighted by atomic mass is 10.2. The van der Waals surface area contributed by atoms with E-state index in [2.05, 4.69) is 5.32 Å². The lowest BCUT2D eigenvalue weighted by Gasteiger charge is -2.23. The molecule has 0 fully saturated rings. The zero-order chi connectivity index (χ0) is 19.5. The summed E-state index contributed by atoms with van der Waals surface area (Å²) in [5.41, 5.74) is 0.0334. The van der Waals surface area contributed by atoms with Gasteiger partial charge in [0.05, 0.1) is 17.5 Å². The Bertz CT molecular complexity index is 911. The van der Waals surface area contributed by atoms with Crippen molar-refractivity contribution in [3.8, 4) is 0 Å². The first-order valence-electron chi connectivity index (χ1n) is 7.49. The summed E-state index contributed by atoms with van der Waals surface area (Å²) in [5.74, 6) is -0.665. The summed E-state index contributed by atoms with van der Waals surface area (Å²) in [5, 5.41) is 2.56. The first kappa shape index (κ1) is 19.8. The molecule has 0 aromatic heterocycles. The Balaban J connectivity index is 2.29. The third-order valence-corrected chi connectivity index (χ3v) is 4.71.